The summed E-state index contributed by atoms with van der Waals surface area (Å²) < 4.78 is 81.8. The van der Waals surface area contributed by atoms with Crippen LogP contribution in [-0.2, 0) is 9.53 Å². The summed E-state index contributed by atoms with van der Waals surface area (Å²) in [7, 11) is 1.25. The molecule has 21 heavy (non-hydrogen) atoms. The minimum Gasteiger partial charge on any atom is -0.380 e. The SMILES string of the molecule is COC(CN)CC(=O)N1CCC(C(F)(F)F)(C(F)(F)F)C1. The monoisotopic (exact) mass is 322 g/mol. The maximum Gasteiger partial charge on any atom is 0.404 e. The molecule has 0 spiro atoms. The van der Waals surface area contributed by atoms with Crippen molar-refractivity contribution >= 4 is 5.91 Å². The highest BCUT2D eigenvalue weighted by Gasteiger charge is 2.72. The van der Waals surface area contributed by atoms with Crippen LogP contribution in [0, 0.1) is 5.41 Å². The van der Waals surface area contributed by atoms with Crippen LogP contribution in [-0.4, -0.2) is 56.0 Å². The summed E-state index contributed by atoms with van der Waals surface area (Å²) in [6, 6.07) is 0. The van der Waals surface area contributed by atoms with Crippen LogP contribution >= 0.6 is 0 Å². The van der Waals surface area contributed by atoms with E-state index in [-0.39, 0.29) is 13.0 Å². The third-order valence-corrected chi connectivity index (χ3v) is 3.71. The molecule has 0 aliphatic carbocycles. The number of rotatable bonds is 4. The van der Waals surface area contributed by atoms with Crippen molar-refractivity contribution in [3.63, 3.8) is 0 Å². The molecule has 1 aliphatic heterocycles. The summed E-state index contributed by atoms with van der Waals surface area (Å²) in [6.45, 7) is -2.07. The van der Waals surface area contributed by atoms with Gasteiger partial charge in [0.05, 0.1) is 12.5 Å². The highest BCUT2D eigenvalue weighted by molar-refractivity contribution is 5.77. The average Bonchev–Trinajstić information content (AvgIpc) is 2.81. The molecule has 0 radical (unpaired) electrons. The molecule has 0 aromatic rings. The van der Waals surface area contributed by atoms with Crippen molar-refractivity contribution in [3.05, 3.63) is 0 Å². The van der Waals surface area contributed by atoms with Crippen LogP contribution in [0.1, 0.15) is 12.8 Å². The fourth-order valence-corrected chi connectivity index (χ4v) is 2.23. The highest BCUT2D eigenvalue weighted by Crippen LogP contribution is 2.55. The number of halogens is 6. The molecule has 1 unspecified atom stereocenters. The van der Waals surface area contributed by atoms with Crippen LogP contribution < -0.4 is 5.73 Å². The number of hydrogen-bond acceptors (Lipinski definition) is 3. The molecule has 0 aromatic heterocycles. The summed E-state index contributed by atoms with van der Waals surface area (Å²) in [5.74, 6) is -0.831. The van der Waals surface area contributed by atoms with E-state index in [4.69, 9.17) is 10.5 Å². The molecule has 1 amide bonds. The topological polar surface area (TPSA) is 55.6 Å². The molecule has 0 bridgehead atoms. The molecule has 1 aliphatic rings. The summed E-state index contributed by atoms with van der Waals surface area (Å²) in [5, 5.41) is 0. The van der Waals surface area contributed by atoms with Crippen molar-refractivity contribution in [2.24, 2.45) is 11.1 Å². The first-order valence-corrected chi connectivity index (χ1v) is 6.12. The molecular weight excluding hydrogens is 306 g/mol. The zero-order valence-corrected chi connectivity index (χ0v) is 11.2. The Morgan fingerprint density at radius 1 is 1.29 bits per heavy atom. The number of hydrogen-bond donors (Lipinski definition) is 1. The van der Waals surface area contributed by atoms with Gasteiger partial charge in [-0.3, -0.25) is 4.79 Å². The Morgan fingerprint density at radius 3 is 2.14 bits per heavy atom. The van der Waals surface area contributed by atoms with Crippen LogP contribution in [0.2, 0.25) is 0 Å². The summed E-state index contributed by atoms with van der Waals surface area (Å²) in [4.78, 5) is 12.3. The minimum atomic E-state index is -5.46. The number of methoxy groups -OCH3 is 1. The fraction of sp³-hybridized carbons (Fsp3) is 0.909. The number of alkyl halides is 6. The van der Waals surface area contributed by atoms with Crippen LogP contribution in [0.4, 0.5) is 26.3 Å². The number of nitrogens with zero attached hydrogens (tertiary/aromatic N) is 1. The molecule has 1 fully saturated rings. The van der Waals surface area contributed by atoms with Crippen LogP contribution in [0.5, 0.6) is 0 Å². The van der Waals surface area contributed by atoms with E-state index in [2.05, 4.69) is 0 Å². The maximum atomic E-state index is 12.8. The van der Waals surface area contributed by atoms with Crippen molar-refractivity contribution in [1.82, 2.24) is 4.90 Å². The average molecular weight is 322 g/mol. The highest BCUT2D eigenvalue weighted by atomic mass is 19.4. The lowest BCUT2D eigenvalue weighted by Gasteiger charge is -2.33. The van der Waals surface area contributed by atoms with E-state index in [1.165, 1.54) is 7.11 Å². The molecular formula is C11H16F6N2O2. The smallest absolute Gasteiger partial charge is 0.380 e. The normalized spacial score (nSPS) is 20.7. The number of carbonyl (C=O) groups is 1. The molecule has 1 atom stereocenters. The third kappa shape index (κ3) is 3.42. The van der Waals surface area contributed by atoms with Gasteiger partial charge in [-0.15, -0.1) is 0 Å². The second kappa shape index (κ2) is 5.99. The molecule has 0 aromatic carbocycles. The molecule has 1 saturated heterocycles. The summed E-state index contributed by atoms with van der Waals surface area (Å²) >= 11 is 0. The van der Waals surface area contributed by atoms with Crippen molar-refractivity contribution in [2.75, 3.05) is 26.7 Å². The first-order valence-electron chi connectivity index (χ1n) is 6.12. The Kier molecular flexibility index (Phi) is 5.14. The number of amides is 1. The Bertz CT molecular complexity index is 364. The van der Waals surface area contributed by atoms with Crippen molar-refractivity contribution < 1.29 is 35.9 Å². The van der Waals surface area contributed by atoms with Crippen LogP contribution in [0.15, 0.2) is 0 Å². The van der Waals surface area contributed by atoms with Gasteiger partial charge in [-0.2, -0.15) is 26.3 Å². The minimum absolute atomic E-state index is 0.0558. The molecule has 10 heteroatoms. The zero-order chi connectivity index (χ0) is 16.5. The lowest BCUT2D eigenvalue weighted by Crippen LogP contribution is -2.52. The Hall–Kier alpha value is -1.03. The molecule has 2 N–H and O–H groups in total. The quantitative estimate of drug-likeness (QED) is 0.802. The van der Waals surface area contributed by atoms with Crippen LogP contribution in [0.3, 0.4) is 0 Å². The van der Waals surface area contributed by atoms with Gasteiger partial charge in [-0.1, -0.05) is 0 Å². The molecule has 4 nitrogen and oxygen atoms in total. The third-order valence-electron chi connectivity index (χ3n) is 3.71. The maximum absolute atomic E-state index is 12.8. The lowest BCUT2D eigenvalue weighted by atomic mass is 9.85. The predicted octanol–water partition coefficient (Wildman–Crippen LogP) is 1.69. The summed E-state index contributed by atoms with van der Waals surface area (Å²) in [6.07, 6.45) is -13.2. The molecule has 0 saturated carbocycles. The standard InChI is InChI=1S/C11H16F6N2O2/c1-21-7(5-18)4-8(20)19-3-2-9(6-19,10(12,13)14)11(15,16)17/h7H,2-6,18H2,1H3. The van der Waals surface area contributed by atoms with E-state index in [1.807, 2.05) is 0 Å². The fourth-order valence-electron chi connectivity index (χ4n) is 2.23. The number of carbonyl (C=O) groups excluding carboxylic acids is 1. The van der Waals surface area contributed by atoms with E-state index in [0.717, 1.165) is 0 Å². The van der Waals surface area contributed by atoms with Gasteiger partial charge in [-0.05, 0) is 6.42 Å². The van der Waals surface area contributed by atoms with Gasteiger partial charge in [0.15, 0.2) is 5.41 Å². The van der Waals surface area contributed by atoms with Gasteiger partial charge < -0.3 is 15.4 Å². The van der Waals surface area contributed by atoms with Gasteiger partial charge in [0.2, 0.25) is 5.91 Å². The van der Waals surface area contributed by atoms with Crippen molar-refractivity contribution in [1.29, 1.82) is 0 Å². The lowest BCUT2D eigenvalue weighted by molar-refractivity contribution is -0.334. The van der Waals surface area contributed by atoms with E-state index in [9.17, 15) is 31.1 Å². The zero-order valence-electron chi connectivity index (χ0n) is 11.2. The van der Waals surface area contributed by atoms with Crippen molar-refractivity contribution in [3.8, 4) is 0 Å². The summed E-state index contributed by atoms with van der Waals surface area (Å²) in [5.41, 5.74) is 1.41. The Morgan fingerprint density at radius 2 is 1.81 bits per heavy atom. The number of likely N-dealkylation sites (tertiary alicyclic amines) is 1. The molecule has 1 rings (SSSR count). The van der Waals surface area contributed by atoms with Crippen molar-refractivity contribution in [2.45, 2.75) is 31.3 Å². The molecule has 124 valence electrons. The largest absolute Gasteiger partial charge is 0.404 e. The van der Waals surface area contributed by atoms with E-state index < -0.39 is 49.3 Å². The second-order valence-corrected chi connectivity index (χ2v) is 4.94. The number of nitrogens with two attached hydrogens (primary N) is 1. The van der Waals surface area contributed by atoms with Gasteiger partial charge in [0, 0.05) is 26.7 Å². The van der Waals surface area contributed by atoms with E-state index >= 15 is 0 Å². The van der Waals surface area contributed by atoms with E-state index in [1.54, 1.807) is 0 Å². The van der Waals surface area contributed by atoms with E-state index in [0.29, 0.717) is 4.90 Å². The first-order chi connectivity index (χ1) is 9.48. The van der Waals surface area contributed by atoms with Gasteiger partial charge in [0.1, 0.15) is 0 Å². The first kappa shape index (κ1) is 18.0. The van der Waals surface area contributed by atoms with Gasteiger partial charge in [-0.25, -0.2) is 0 Å². The Balaban J connectivity index is 2.88. The van der Waals surface area contributed by atoms with Gasteiger partial charge >= 0.3 is 12.4 Å². The van der Waals surface area contributed by atoms with Gasteiger partial charge in [0.25, 0.3) is 0 Å². The van der Waals surface area contributed by atoms with Crippen LogP contribution in [0.25, 0.3) is 0 Å². The predicted molar refractivity (Wildman–Crippen MR) is 60.2 cm³/mol. The Labute approximate surface area is 117 Å². The molecule has 1 heterocycles. The second-order valence-electron chi connectivity index (χ2n) is 4.94. The number of ether oxygens (including phenoxy) is 1.